The summed E-state index contributed by atoms with van der Waals surface area (Å²) in [5, 5.41) is 25.0. The minimum atomic E-state index is -1.37. The van der Waals surface area contributed by atoms with Crippen LogP contribution in [0.2, 0.25) is 0 Å². The molecule has 0 amide bonds. The lowest BCUT2D eigenvalue weighted by molar-refractivity contribution is 0.143. The van der Waals surface area contributed by atoms with E-state index in [9.17, 15) is 9.59 Å². The van der Waals surface area contributed by atoms with Gasteiger partial charge in [0.05, 0.1) is 0 Å². The molecule has 0 spiro atoms. The van der Waals surface area contributed by atoms with E-state index in [1.807, 2.05) is 48.5 Å². The Labute approximate surface area is 157 Å². The monoisotopic (exact) mass is 372 g/mol. The predicted molar refractivity (Wildman–Crippen MR) is 105 cm³/mol. The lowest BCUT2D eigenvalue weighted by Crippen LogP contribution is -2.04. The van der Waals surface area contributed by atoms with Gasteiger partial charge in [0.25, 0.3) is 0 Å². The van der Waals surface area contributed by atoms with E-state index in [1.165, 1.54) is 0 Å². The molecule has 0 bridgehead atoms. The molecule has 0 fully saturated rings. The fourth-order valence-corrected chi connectivity index (χ4v) is 4.02. The largest absolute Gasteiger partial charge is 0.511 e. The van der Waals surface area contributed by atoms with Crippen LogP contribution in [0.5, 0.6) is 11.5 Å². The summed E-state index contributed by atoms with van der Waals surface area (Å²) >= 11 is 0. The SMILES string of the molecule is O=C(O)Oc1ccc2c3cccc4c(OC(=O)O)ccc(c5cccc1c52)c43. The zero-order valence-electron chi connectivity index (χ0n) is 14.3. The fourth-order valence-electron chi connectivity index (χ4n) is 4.02. The Morgan fingerprint density at radius 3 is 1.29 bits per heavy atom. The summed E-state index contributed by atoms with van der Waals surface area (Å²) in [7, 11) is 0. The highest BCUT2D eigenvalue weighted by Crippen LogP contribution is 2.44. The molecule has 136 valence electrons. The maximum absolute atomic E-state index is 11.1. The van der Waals surface area contributed by atoms with Crippen LogP contribution in [0.1, 0.15) is 0 Å². The molecule has 0 saturated heterocycles. The molecule has 5 aromatic carbocycles. The lowest BCUT2D eigenvalue weighted by atomic mass is 9.89. The second kappa shape index (κ2) is 5.72. The average Bonchev–Trinajstić information content (AvgIpc) is 2.67. The highest BCUT2D eigenvalue weighted by Gasteiger charge is 2.18. The van der Waals surface area contributed by atoms with Crippen LogP contribution in [-0.2, 0) is 0 Å². The van der Waals surface area contributed by atoms with Crippen molar-refractivity contribution in [3.05, 3.63) is 60.7 Å². The molecule has 0 saturated carbocycles. The summed E-state index contributed by atoms with van der Waals surface area (Å²) in [5.41, 5.74) is 0. The molecule has 5 rings (SSSR count). The van der Waals surface area contributed by atoms with Crippen LogP contribution in [0, 0.1) is 0 Å². The Morgan fingerprint density at radius 2 is 0.893 bits per heavy atom. The molecule has 0 aromatic heterocycles. The maximum Gasteiger partial charge on any atom is 0.511 e. The van der Waals surface area contributed by atoms with Crippen molar-refractivity contribution in [2.75, 3.05) is 0 Å². The van der Waals surface area contributed by atoms with E-state index in [0.29, 0.717) is 10.8 Å². The minimum Gasteiger partial charge on any atom is -0.449 e. The van der Waals surface area contributed by atoms with Crippen LogP contribution in [0.15, 0.2) is 60.7 Å². The molecule has 0 unspecified atom stereocenters. The van der Waals surface area contributed by atoms with Crippen molar-refractivity contribution in [2.24, 2.45) is 0 Å². The summed E-state index contributed by atoms with van der Waals surface area (Å²) in [6.07, 6.45) is -2.73. The average molecular weight is 372 g/mol. The molecule has 6 heteroatoms. The normalized spacial score (nSPS) is 11.4. The van der Waals surface area contributed by atoms with Crippen LogP contribution in [0.3, 0.4) is 0 Å². The first-order chi connectivity index (χ1) is 13.5. The third-order valence-electron chi connectivity index (χ3n) is 4.98. The maximum atomic E-state index is 11.1. The number of ether oxygens (including phenoxy) is 2. The number of hydrogen-bond donors (Lipinski definition) is 2. The van der Waals surface area contributed by atoms with Gasteiger partial charge in [0, 0.05) is 21.5 Å². The quantitative estimate of drug-likeness (QED) is 0.175. The number of carboxylic acid groups (broad SMARTS) is 2. The molecule has 6 nitrogen and oxygen atoms in total. The number of hydrogen-bond acceptors (Lipinski definition) is 4. The van der Waals surface area contributed by atoms with E-state index in [1.54, 1.807) is 12.1 Å². The van der Waals surface area contributed by atoms with Crippen molar-refractivity contribution in [3.63, 3.8) is 0 Å². The van der Waals surface area contributed by atoms with E-state index < -0.39 is 12.3 Å². The Morgan fingerprint density at radius 1 is 0.536 bits per heavy atom. The van der Waals surface area contributed by atoms with Gasteiger partial charge in [-0.25, -0.2) is 9.59 Å². The molecular weight excluding hydrogens is 360 g/mol. The van der Waals surface area contributed by atoms with Gasteiger partial charge in [0.15, 0.2) is 0 Å². The second-order valence-electron chi connectivity index (χ2n) is 6.41. The van der Waals surface area contributed by atoms with Gasteiger partial charge >= 0.3 is 12.3 Å². The number of rotatable bonds is 2. The van der Waals surface area contributed by atoms with E-state index >= 15 is 0 Å². The molecule has 28 heavy (non-hydrogen) atoms. The third kappa shape index (κ3) is 2.21. The number of carbonyl (C=O) groups is 2. The van der Waals surface area contributed by atoms with E-state index in [0.717, 1.165) is 32.3 Å². The summed E-state index contributed by atoms with van der Waals surface area (Å²) in [6.45, 7) is 0. The highest BCUT2D eigenvalue weighted by atomic mass is 16.7. The van der Waals surface area contributed by atoms with Gasteiger partial charge in [-0.15, -0.1) is 0 Å². The van der Waals surface area contributed by atoms with Crippen LogP contribution < -0.4 is 9.47 Å². The molecule has 2 N–H and O–H groups in total. The summed E-state index contributed by atoms with van der Waals surface area (Å²) in [4.78, 5) is 22.1. The van der Waals surface area contributed by atoms with Gasteiger partial charge < -0.3 is 19.7 Å². The highest BCUT2D eigenvalue weighted by molar-refractivity contribution is 6.34. The molecule has 0 atom stereocenters. The summed E-state index contributed by atoms with van der Waals surface area (Å²) < 4.78 is 9.92. The Bertz CT molecular complexity index is 1290. The lowest BCUT2D eigenvalue weighted by Gasteiger charge is -2.16. The molecule has 0 aliphatic rings. The van der Waals surface area contributed by atoms with E-state index in [-0.39, 0.29) is 11.5 Å². The molecule has 0 heterocycles. The molecule has 5 aromatic rings. The summed E-state index contributed by atoms with van der Waals surface area (Å²) in [5.74, 6) is 0.545. The zero-order valence-corrected chi connectivity index (χ0v) is 14.3. The zero-order chi connectivity index (χ0) is 19.4. The predicted octanol–water partition coefficient (Wildman–Crippen LogP) is 5.85. The summed E-state index contributed by atoms with van der Waals surface area (Å²) in [6, 6.07) is 18.2. The third-order valence-corrected chi connectivity index (χ3v) is 4.98. The minimum absolute atomic E-state index is 0.273. The van der Waals surface area contributed by atoms with Crippen molar-refractivity contribution < 1.29 is 29.3 Å². The van der Waals surface area contributed by atoms with Gasteiger partial charge in [0.1, 0.15) is 11.5 Å². The van der Waals surface area contributed by atoms with E-state index in [2.05, 4.69) is 0 Å². The first-order valence-electron chi connectivity index (χ1n) is 8.48. The van der Waals surface area contributed by atoms with Gasteiger partial charge in [-0.05, 0) is 45.8 Å². The van der Waals surface area contributed by atoms with Crippen molar-refractivity contribution in [3.8, 4) is 11.5 Å². The second-order valence-corrected chi connectivity index (χ2v) is 6.41. The molecule has 0 aliphatic heterocycles. The van der Waals surface area contributed by atoms with Crippen LogP contribution in [-0.4, -0.2) is 22.5 Å². The van der Waals surface area contributed by atoms with Gasteiger partial charge in [-0.3, -0.25) is 0 Å². The Kier molecular flexibility index (Phi) is 3.30. The molecular formula is C22H12O6. The number of benzene rings is 5. The van der Waals surface area contributed by atoms with Crippen molar-refractivity contribution >= 4 is 55.4 Å². The van der Waals surface area contributed by atoms with Crippen molar-refractivity contribution in [2.45, 2.75) is 0 Å². The van der Waals surface area contributed by atoms with Gasteiger partial charge in [-0.2, -0.15) is 0 Å². The van der Waals surface area contributed by atoms with Gasteiger partial charge in [0.2, 0.25) is 0 Å². The topological polar surface area (TPSA) is 93.1 Å². The molecule has 0 radical (unpaired) electrons. The number of fused-ring (bicyclic) bond motifs is 2. The van der Waals surface area contributed by atoms with Crippen LogP contribution >= 0.6 is 0 Å². The van der Waals surface area contributed by atoms with Crippen molar-refractivity contribution in [1.82, 2.24) is 0 Å². The van der Waals surface area contributed by atoms with Crippen molar-refractivity contribution in [1.29, 1.82) is 0 Å². The van der Waals surface area contributed by atoms with E-state index in [4.69, 9.17) is 19.7 Å². The standard InChI is InChI=1S/C22H12O6/c23-21(24)27-17-9-8-14-12-4-2-6-16-18(28-22(25)26)10-7-13(20(12)16)11-3-1-5-15(17)19(11)14/h1-10H,(H,23,24)(H,25,26). The van der Waals surface area contributed by atoms with Gasteiger partial charge in [-0.1, -0.05) is 36.4 Å². The smallest absolute Gasteiger partial charge is 0.449 e. The first-order valence-corrected chi connectivity index (χ1v) is 8.48. The first kappa shape index (κ1) is 16.1. The van der Waals surface area contributed by atoms with Crippen LogP contribution in [0.25, 0.3) is 43.1 Å². The molecule has 0 aliphatic carbocycles. The van der Waals surface area contributed by atoms with Crippen LogP contribution in [0.4, 0.5) is 9.59 Å². The fraction of sp³-hybridized carbons (Fsp3) is 0. The Hall–Kier alpha value is -4.06. The Balaban J connectivity index is 1.99.